The molecule has 3 aromatic rings. The number of aromatic nitrogens is 2. The fraction of sp³-hybridized carbons (Fsp3) is 0.318. The van der Waals surface area contributed by atoms with Crippen LogP contribution < -0.4 is 0 Å². The van der Waals surface area contributed by atoms with Crippen LogP contribution in [0.15, 0.2) is 57.5 Å². The second kappa shape index (κ2) is 8.88. The normalized spacial score (nSPS) is 14.9. The first-order chi connectivity index (χ1) is 14.1. The number of carbonyl (C=O) groups excluding carboxylic acids is 1. The van der Waals surface area contributed by atoms with E-state index in [2.05, 4.69) is 37.9 Å². The second-order valence-electron chi connectivity index (χ2n) is 7.34. The molecule has 0 spiro atoms. The fourth-order valence-corrected chi connectivity index (χ4v) is 3.64. The average Bonchev–Trinajstić information content (AvgIpc) is 3.19. The maximum absolute atomic E-state index is 12.6. The summed E-state index contributed by atoms with van der Waals surface area (Å²) in [5.41, 5.74) is 3.19. The van der Waals surface area contributed by atoms with Crippen LogP contribution in [0.2, 0.25) is 0 Å². The molecule has 1 amide bonds. The van der Waals surface area contributed by atoms with Crippen LogP contribution in [0.5, 0.6) is 0 Å². The van der Waals surface area contributed by atoms with E-state index in [0.717, 1.165) is 28.7 Å². The van der Waals surface area contributed by atoms with Crippen LogP contribution in [-0.4, -0.2) is 52.0 Å². The summed E-state index contributed by atoms with van der Waals surface area (Å²) in [5, 5.41) is 4.10. The van der Waals surface area contributed by atoms with Gasteiger partial charge in [-0.2, -0.15) is 4.98 Å². The van der Waals surface area contributed by atoms with Crippen molar-refractivity contribution in [1.29, 1.82) is 0 Å². The Bertz CT molecular complexity index is 961. The molecule has 2 aromatic carbocycles. The van der Waals surface area contributed by atoms with Crippen molar-refractivity contribution in [1.82, 2.24) is 19.9 Å². The van der Waals surface area contributed by atoms with E-state index >= 15 is 0 Å². The predicted molar refractivity (Wildman–Crippen MR) is 114 cm³/mol. The molecule has 0 N–H and O–H groups in total. The molecule has 2 heterocycles. The van der Waals surface area contributed by atoms with E-state index in [0.29, 0.717) is 37.8 Å². The molecule has 1 aliphatic heterocycles. The molecule has 29 heavy (non-hydrogen) atoms. The highest BCUT2D eigenvalue weighted by Gasteiger charge is 2.22. The number of hydrogen-bond acceptors (Lipinski definition) is 5. The summed E-state index contributed by atoms with van der Waals surface area (Å²) in [6, 6.07) is 16.0. The molecule has 6 nitrogen and oxygen atoms in total. The zero-order valence-electron chi connectivity index (χ0n) is 16.3. The highest BCUT2D eigenvalue weighted by atomic mass is 79.9. The zero-order valence-corrected chi connectivity index (χ0v) is 17.9. The molecular weight excluding hydrogens is 432 g/mol. The van der Waals surface area contributed by atoms with Gasteiger partial charge in [-0.1, -0.05) is 63.0 Å². The van der Waals surface area contributed by atoms with Crippen LogP contribution in [0.25, 0.3) is 11.4 Å². The maximum atomic E-state index is 12.6. The van der Waals surface area contributed by atoms with Crippen LogP contribution in [0.3, 0.4) is 0 Å². The summed E-state index contributed by atoms with van der Waals surface area (Å²) < 4.78 is 6.45. The van der Waals surface area contributed by atoms with Gasteiger partial charge in [0.15, 0.2) is 0 Å². The number of carbonyl (C=O) groups is 1. The Morgan fingerprint density at radius 3 is 2.41 bits per heavy atom. The van der Waals surface area contributed by atoms with Crippen molar-refractivity contribution in [2.24, 2.45) is 0 Å². The van der Waals surface area contributed by atoms with Gasteiger partial charge in [0, 0.05) is 36.2 Å². The maximum Gasteiger partial charge on any atom is 0.241 e. The molecule has 0 unspecified atom stereocenters. The van der Waals surface area contributed by atoms with Crippen molar-refractivity contribution in [3.63, 3.8) is 0 Å². The topological polar surface area (TPSA) is 62.5 Å². The monoisotopic (exact) mass is 454 g/mol. The fourth-order valence-electron chi connectivity index (χ4n) is 3.37. The van der Waals surface area contributed by atoms with Gasteiger partial charge in [0.25, 0.3) is 0 Å². The van der Waals surface area contributed by atoms with Gasteiger partial charge in [0.05, 0.1) is 13.0 Å². The highest BCUT2D eigenvalue weighted by molar-refractivity contribution is 9.10. The largest absolute Gasteiger partial charge is 0.340 e. The minimum absolute atomic E-state index is 0.173. The molecule has 150 valence electrons. The molecular formula is C22H23BrN4O2. The Balaban J connectivity index is 1.28. The van der Waals surface area contributed by atoms with Gasteiger partial charge in [0.2, 0.25) is 17.6 Å². The predicted octanol–water partition coefficient (Wildman–Crippen LogP) is 3.69. The molecule has 0 saturated carbocycles. The van der Waals surface area contributed by atoms with Gasteiger partial charge in [-0.15, -0.1) is 0 Å². The van der Waals surface area contributed by atoms with E-state index in [9.17, 15) is 4.79 Å². The summed E-state index contributed by atoms with van der Waals surface area (Å²) in [6.45, 7) is 5.69. The lowest BCUT2D eigenvalue weighted by atomic mass is 10.1. The van der Waals surface area contributed by atoms with Gasteiger partial charge in [-0.25, -0.2) is 0 Å². The van der Waals surface area contributed by atoms with Gasteiger partial charge in [-0.3, -0.25) is 9.69 Å². The quantitative estimate of drug-likeness (QED) is 0.587. The minimum Gasteiger partial charge on any atom is -0.340 e. The summed E-state index contributed by atoms with van der Waals surface area (Å²) in [6.07, 6.45) is 0.441. The molecule has 0 radical (unpaired) electrons. The standard InChI is InChI=1S/C22H23BrN4O2/c1-16-2-6-18(7-3-16)22-24-20(29-25-22)15-26-10-12-27(13-11-26)21(28)14-17-4-8-19(23)9-5-17/h2-9H,10-15H2,1H3. The number of halogens is 1. The molecule has 7 heteroatoms. The summed E-state index contributed by atoms with van der Waals surface area (Å²) in [7, 11) is 0. The third kappa shape index (κ3) is 5.10. The molecule has 1 aromatic heterocycles. The number of benzene rings is 2. The SMILES string of the molecule is Cc1ccc(-c2noc(CN3CCN(C(=O)Cc4ccc(Br)cc4)CC3)n2)cc1. The lowest BCUT2D eigenvalue weighted by Gasteiger charge is -2.34. The summed E-state index contributed by atoms with van der Waals surface area (Å²) >= 11 is 3.42. The Hall–Kier alpha value is -2.51. The van der Waals surface area contributed by atoms with Crippen LogP contribution in [0.4, 0.5) is 0 Å². The van der Waals surface area contributed by atoms with Gasteiger partial charge < -0.3 is 9.42 Å². The first-order valence-corrected chi connectivity index (χ1v) is 10.5. The Kier molecular flexibility index (Phi) is 6.06. The van der Waals surface area contributed by atoms with Crippen molar-refractivity contribution in [2.45, 2.75) is 19.9 Å². The van der Waals surface area contributed by atoms with Crippen molar-refractivity contribution < 1.29 is 9.32 Å². The zero-order chi connectivity index (χ0) is 20.2. The number of amides is 1. The summed E-state index contributed by atoms with van der Waals surface area (Å²) in [4.78, 5) is 21.3. The third-order valence-electron chi connectivity index (χ3n) is 5.13. The number of hydrogen-bond donors (Lipinski definition) is 0. The molecule has 0 bridgehead atoms. The van der Waals surface area contributed by atoms with E-state index in [1.165, 1.54) is 5.56 Å². The van der Waals surface area contributed by atoms with Gasteiger partial charge in [0.1, 0.15) is 0 Å². The van der Waals surface area contributed by atoms with Crippen LogP contribution in [0, 0.1) is 6.92 Å². The number of aryl methyl sites for hydroxylation is 1. The lowest BCUT2D eigenvalue weighted by Crippen LogP contribution is -2.48. The number of piperazine rings is 1. The van der Waals surface area contributed by atoms with E-state index in [-0.39, 0.29) is 5.91 Å². The molecule has 0 aliphatic carbocycles. The Labute approximate surface area is 178 Å². The first-order valence-electron chi connectivity index (χ1n) is 9.71. The van der Waals surface area contributed by atoms with Crippen molar-refractivity contribution in [3.05, 3.63) is 70.0 Å². The van der Waals surface area contributed by atoms with Crippen LogP contribution in [0.1, 0.15) is 17.0 Å². The first kappa shape index (κ1) is 19.8. The molecule has 0 atom stereocenters. The number of nitrogens with zero attached hydrogens (tertiary/aromatic N) is 4. The van der Waals surface area contributed by atoms with E-state index in [1.807, 2.05) is 53.4 Å². The van der Waals surface area contributed by atoms with Gasteiger partial charge >= 0.3 is 0 Å². The van der Waals surface area contributed by atoms with E-state index in [4.69, 9.17) is 4.52 Å². The Morgan fingerprint density at radius 2 is 1.72 bits per heavy atom. The minimum atomic E-state index is 0.173. The summed E-state index contributed by atoms with van der Waals surface area (Å²) in [5.74, 6) is 1.39. The van der Waals surface area contributed by atoms with Crippen molar-refractivity contribution in [2.75, 3.05) is 26.2 Å². The smallest absolute Gasteiger partial charge is 0.241 e. The van der Waals surface area contributed by atoms with Crippen LogP contribution in [-0.2, 0) is 17.8 Å². The third-order valence-corrected chi connectivity index (χ3v) is 5.66. The molecule has 1 fully saturated rings. The number of rotatable bonds is 5. The van der Waals surface area contributed by atoms with Gasteiger partial charge in [-0.05, 0) is 24.6 Å². The molecule has 1 aliphatic rings. The van der Waals surface area contributed by atoms with E-state index < -0.39 is 0 Å². The van der Waals surface area contributed by atoms with Crippen LogP contribution >= 0.6 is 15.9 Å². The van der Waals surface area contributed by atoms with Crippen molar-refractivity contribution in [3.8, 4) is 11.4 Å². The highest BCUT2D eigenvalue weighted by Crippen LogP contribution is 2.18. The second-order valence-corrected chi connectivity index (χ2v) is 8.25. The van der Waals surface area contributed by atoms with Crippen molar-refractivity contribution >= 4 is 21.8 Å². The average molecular weight is 455 g/mol. The Morgan fingerprint density at radius 1 is 1.03 bits per heavy atom. The molecule has 4 rings (SSSR count). The van der Waals surface area contributed by atoms with E-state index in [1.54, 1.807) is 0 Å². The lowest BCUT2D eigenvalue weighted by molar-refractivity contribution is -0.132. The molecule has 1 saturated heterocycles.